The topological polar surface area (TPSA) is 47.8 Å². The summed E-state index contributed by atoms with van der Waals surface area (Å²) in [6, 6.07) is 9.70. The number of hydrogen-bond donors (Lipinski definition) is 1. The molecule has 2 aromatic heterocycles. The first-order valence-corrected chi connectivity index (χ1v) is 7.83. The molecule has 0 saturated carbocycles. The molecule has 0 fully saturated rings. The van der Waals surface area contributed by atoms with E-state index in [-0.39, 0.29) is 5.63 Å². The molecule has 1 N–H and O–H groups in total. The van der Waals surface area contributed by atoms with Gasteiger partial charge >= 0.3 is 5.63 Å². The lowest BCUT2D eigenvalue weighted by molar-refractivity contribution is -0.908. The highest BCUT2D eigenvalue weighted by molar-refractivity contribution is 5.83. The number of benzene rings is 1. The van der Waals surface area contributed by atoms with Gasteiger partial charge < -0.3 is 13.7 Å². The van der Waals surface area contributed by atoms with Gasteiger partial charge in [-0.3, -0.25) is 0 Å². The Morgan fingerprint density at radius 2 is 1.78 bits per heavy atom. The first-order valence-electron chi connectivity index (χ1n) is 7.83. The molecule has 0 amide bonds. The maximum absolute atomic E-state index is 11.9. The zero-order valence-electron chi connectivity index (χ0n) is 14.0. The normalized spacial score (nSPS) is 12.7. The smallest absolute Gasteiger partial charge is 0.336 e. The standard InChI is InChI=1S/C19H21NO3/c1-12-5-8-17-15(9-18(21)23-19(17)14(12)3)10-20(4)11-16-7-6-13(2)22-16/h5-9H,10-11H2,1-4H3/p+1. The Hall–Kier alpha value is -2.33. The van der Waals surface area contributed by atoms with Gasteiger partial charge in [0.2, 0.25) is 0 Å². The van der Waals surface area contributed by atoms with Gasteiger partial charge in [0.25, 0.3) is 0 Å². The highest BCUT2D eigenvalue weighted by Crippen LogP contribution is 2.22. The summed E-state index contributed by atoms with van der Waals surface area (Å²) >= 11 is 0. The number of rotatable bonds is 4. The largest absolute Gasteiger partial charge is 0.460 e. The summed E-state index contributed by atoms with van der Waals surface area (Å²) in [6.45, 7) is 7.48. The fourth-order valence-corrected chi connectivity index (χ4v) is 2.94. The van der Waals surface area contributed by atoms with Crippen molar-refractivity contribution >= 4 is 11.0 Å². The van der Waals surface area contributed by atoms with Crippen LogP contribution in [0.3, 0.4) is 0 Å². The Balaban J connectivity index is 1.93. The lowest BCUT2D eigenvalue weighted by Crippen LogP contribution is -3.06. The first-order chi connectivity index (χ1) is 10.9. The average Bonchev–Trinajstić information content (AvgIpc) is 2.88. The molecule has 4 nitrogen and oxygen atoms in total. The van der Waals surface area contributed by atoms with Crippen LogP contribution in [0.25, 0.3) is 11.0 Å². The van der Waals surface area contributed by atoms with Crippen molar-refractivity contribution in [3.05, 3.63) is 69.0 Å². The van der Waals surface area contributed by atoms with E-state index in [1.807, 2.05) is 39.0 Å². The maximum Gasteiger partial charge on any atom is 0.336 e. The van der Waals surface area contributed by atoms with Crippen molar-refractivity contribution in [2.75, 3.05) is 7.05 Å². The van der Waals surface area contributed by atoms with Crippen molar-refractivity contribution in [3.8, 4) is 0 Å². The maximum atomic E-state index is 11.9. The molecule has 1 atom stereocenters. The second-order valence-electron chi connectivity index (χ2n) is 6.30. The van der Waals surface area contributed by atoms with Gasteiger partial charge in [0.05, 0.1) is 7.05 Å². The number of quaternary nitrogens is 1. The van der Waals surface area contributed by atoms with Crippen LogP contribution in [0.2, 0.25) is 0 Å². The molecule has 1 unspecified atom stereocenters. The van der Waals surface area contributed by atoms with E-state index in [1.165, 1.54) is 4.90 Å². The predicted octanol–water partition coefficient (Wildman–Crippen LogP) is 2.53. The van der Waals surface area contributed by atoms with E-state index in [1.54, 1.807) is 6.07 Å². The van der Waals surface area contributed by atoms with Crippen LogP contribution in [-0.4, -0.2) is 7.05 Å². The summed E-state index contributed by atoms with van der Waals surface area (Å²) in [7, 11) is 2.10. The van der Waals surface area contributed by atoms with Crippen molar-refractivity contribution in [2.45, 2.75) is 33.9 Å². The summed E-state index contributed by atoms with van der Waals surface area (Å²) in [4.78, 5) is 13.2. The van der Waals surface area contributed by atoms with E-state index in [0.717, 1.165) is 46.7 Å². The van der Waals surface area contributed by atoms with E-state index in [4.69, 9.17) is 8.83 Å². The molecule has 0 bridgehead atoms. The lowest BCUT2D eigenvalue weighted by Gasteiger charge is -2.14. The molecule has 120 valence electrons. The Labute approximate surface area is 135 Å². The fraction of sp³-hybridized carbons (Fsp3) is 0.316. The molecular weight excluding hydrogens is 290 g/mol. The number of hydrogen-bond acceptors (Lipinski definition) is 3. The highest BCUT2D eigenvalue weighted by Gasteiger charge is 2.14. The van der Waals surface area contributed by atoms with Gasteiger partial charge in [0.1, 0.15) is 24.4 Å². The first kappa shape index (κ1) is 15.6. The van der Waals surface area contributed by atoms with Crippen molar-refractivity contribution in [1.29, 1.82) is 0 Å². The van der Waals surface area contributed by atoms with Gasteiger partial charge in [-0.2, -0.15) is 0 Å². The molecule has 0 saturated heterocycles. The zero-order valence-corrected chi connectivity index (χ0v) is 14.0. The highest BCUT2D eigenvalue weighted by atomic mass is 16.4. The third kappa shape index (κ3) is 3.22. The van der Waals surface area contributed by atoms with E-state index in [2.05, 4.69) is 13.1 Å². The predicted molar refractivity (Wildman–Crippen MR) is 89.7 cm³/mol. The van der Waals surface area contributed by atoms with E-state index >= 15 is 0 Å². The quantitative estimate of drug-likeness (QED) is 0.753. The van der Waals surface area contributed by atoms with Crippen LogP contribution < -0.4 is 10.5 Å². The van der Waals surface area contributed by atoms with Crippen LogP contribution in [0.5, 0.6) is 0 Å². The minimum Gasteiger partial charge on any atom is -0.460 e. The van der Waals surface area contributed by atoms with E-state index < -0.39 is 0 Å². The van der Waals surface area contributed by atoms with E-state index in [0.29, 0.717) is 5.58 Å². The molecule has 3 aromatic rings. The lowest BCUT2D eigenvalue weighted by atomic mass is 10.0. The molecular formula is C19H22NO3+. The second-order valence-corrected chi connectivity index (χ2v) is 6.30. The number of nitrogens with one attached hydrogen (secondary N) is 1. The molecule has 1 aromatic carbocycles. The monoisotopic (exact) mass is 312 g/mol. The SMILES string of the molecule is Cc1ccc(C[NH+](C)Cc2cc(=O)oc3c(C)c(C)ccc23)o1. The van der Waals surface area contributed by atoms with Gasteiger partial charge in [-0.25, -0.2) is 4.79 Å². The molecule has 0 aliphatic carbocycles. The van der Waals surface area contributed by atoms with Crippen LogP contribution in [-0.2, 0) is 13.1 Å². The van der Waals surface area contributed by atoms with Crippen molar-refractivity contribution in [3.63, 3.8) is 0 Å². The van der Waals surface area contributed by atoms with Crippen LogP contribution in [0.1, 0.15) is 28.2 Å². The molecule has 0 spiro atoms. The number of furan rings is 1. The summed E-state index contributed by atoms with van der Waals surface area (Å²) in [5.41, 5.74) is 3.59. The minimum absolute atomic E-state index is 0.289. The number of aryl methyl sites for hydroxylation is 3. The molecule has 2 heterocycles. The van der Waals surface area contributed by atoms with Crippen LogP contribution in [0.4, 0.5) is 0 Å². The molecule has 0 aliphatic rings. The summed E-state index contributed by atoms with van der Waals surface area (Å²) in [6.07, 6.45) is 0. The van der Waals surface area contributed by atoms with Gasteiger partial charge in [-0.1, -0.05) is 12.1 Å². The van der Waals surface area contributed by atoms with Crippen molar-refractivity contribution in [2.24, 2.45) is 0 Å². The van der Waals surface area contributed by atoms with Crippen molar-refractivity contribution < 1.29 is 13.7 Å². The Morgan fingerprint density at radius 3 is 2.48 bits per heavy atom. The van der Waals surface area contributed by atoms with Gasteiger partial charge in [0, 0.05) is 17.0 Å². The van der Waals surface area contributed by atoms with Crippen LogP contribution in [0, 0.1) is 20.8 Å². The van der Waals surface area contributed by atoms with Crippen LogP contribution >= 0.6 is 0 Å². The Kier molecular flexibility index (Phi) is 4.09. The number of fused-ring (bicyclic) bond motifs is 1. The summed E-state index contributed by atoms with van der Waals surface area (Å²) in [5.74, 6) is 1.88. The van der Waals surface area contributed by atoms with Gasteiger partial charge in [-0.05, 0) is 44.0 Å². The second kappa shape index (κ2) is 6.05. The molecule has 4 heteroatoms. The third-order valence-electron chi connectivity index (χ3n) is 4.28. The Morgan fingerprint density at radius 1 is 1.00 bits per heavy atom. The molecule has 23 heavy (non-hydrogen) atoms. The van der Waals surface area contributed by atoms with E-state index in [9.17, 15) is 4.79 Å². The fourth-order valence-electron chi connectivity index (χ4n) is 2.94. The average molecular weight is 312 g/mol. The van der Waals surface area contributed by atoms with Crippen molar-refractivity contribution in [1.82, 2.24) is 0 Å². The summed E-state index contributed by atoms with van der Waals surface area (Å²) in [5, 5.41) is 1.02. The molecule has 0 aliphatic heterocycles. The third-order valence-corrected chi connectivity index (χ3v) is 4.28. The minimum atomic E-state index is -0.289. The Bertz CT molecular complexity index is 905. The van der Waals surface area contributed by atoms with Gasteiger partial charge in [0.15, 0.2) is 5.76 Å². The van der Waals surface area contributed by atoms with Crippen LogP contribution in [0.15, 0.2) is 44.0 Å². The molecule has 3 rings (SSSR count). The summed E-state index contributed by atoms with van der Waals surface area (Å²) < 4.78 is 11.1. The zero-order chi connectivity index (χ0) is 16.6. The van der Waals surface area contributed by atoms with Gasteiger partial charge in [-0.15, -0.1) is 0 Å². The molecule has 0 radical (unpaired) electrons.